The van der Waals surface area contributed by atoms with Gasteiger partial charge >= 0.3 is 0 Å². The molecular formula is C13H27N. The SMILES string of the molecule is CCCNC(CCC(C)C)C1CC1C. The molecular weight excluding hydrogens is 170 g/mol. The molecule has 0 bridgehead atoms. The topological polar surface area (TPSA) is 12.0 Å². The molecule has 0 aliphatic heterocycles. The molecule has 0 aromatic heterocycles. The van der Waals surface area contributed by atoms with Crippen LogP contribution < -0.4 is 5.32 Å². The second-order valence-corrected chi connectivity index (χ2v) is 5.41. The zero-order chi connectivity index (χ0) is 10.6. The van der Waals surface area contributed by atoms with E-state index < -0.39 is 0 Å². The van der Waals surface area contributed by atoms with Crippen LogP contribution in [0.25, 0.3) is 0 Å². The molecule has 0 amide bonds. The van der Waals surface area contributed by atoms with Crippen LogP contribution in [0.4, 0.5) is 0 Å². The lowest BCUT2D eigenvalue weighted by molar-refractivity contribution is 0.385. The minimum atomic E-state index is 0.812. The van der Waals surface area contributed by atoms with Gasteiger partial charge < -0.3 is 5.32 Å². The highest BCUT2D eigenvalue weighted by Crippen LogP contribution is 2.42. The molecule has 0 aromatic carbocycles. The van der Waals surface area contributed by atoms with E-state index >= 15 is 0 Å². The quantitative estimate of drug-likeness (QED) is 0.659. The van der Waals surface area contributed by atoms with E-state index in [1.165, 1.54) is 32.2 Å². The molecule has 3 atom stereocenters. The van der Waals surface area contributed by atoms with E-state index in [0.717, 1.165) is 23.8 Å². The van der Waals surface area contributed by atoms with E-state index in [0.29, 0.717) is 0 Å². The van der Waals surface area contributed by atoms with Crippen molar-refractivity contribution in [2.45, 2.75) is 59.4 Å². The Morgan fingerprint density at radius 1 is 1.29 bits per heavy atom. The van der Waals surface area contributed by atoms with Gasteiger partial charge in [-0.1, -0.05) is 27.7 Å². The van der Waals surface area contributed by atoms with Crippen molar-refractivity contribution in [3.63, 3.8) is 0 Å². The molecule has 1 aliphatic rings. The summed E-state index contributed by atoms with van der Waals surface area (Å²) in [6.07, 6.45) is 5.48. The molecule has 1 saturated carbocycles. The van der Waals surface area contributed by atoms with Gasteiger partial charge in [0.05, 0.1) is 0 Å². The van der Waals surface area contributed by atoms with Crippen molar-refractivity contribution >= 4 is 0 Å². The first-order valence-corrected chi connectivity index (χ1v) is 6.38. The molecule has 0 aromatic rings. The van der Waals surface area contributed by atoms with E-state index in [2.05, 4.69) is 33.0 Å². The Balaban J connectivity index is 2.22. The van der Waals surface area contributed by atoms with Crippen LogP contribution >= 0.6 is 0 Å². The third kappa shape index (κ3) is 4.00. The van der Waals surface area contributed by atoms with Crippen molar-refractivity contribution in [1.29, 1.82) is 0 Å². The standard InChI is InChI=1S/C13H27N/c1-5-8-14-13(7-6-10(2)3)12-9-11(12)4/h10-14H,5-9H2,1-4H3. The van der Waals surface area contributed by atoms with Gasteiger partial charge in [0.15, 0.2) is 0 Å². The Hall–Kier alpha value is -0.0400. The summed E-state index contributed by atoms with van der Waals surface area (Å²) in [6, 6.07) is 0.812. The van der Waals surface area contributed by atoms with E-state index in [9.17, 15) is 0 Å². The predicted octanol–water partition coefficient (Wildman–Crippen LogP) is 3.45. The van der Waals surface area contributed by atoms with Crippen molar-refractivity contribution in [2.24, 2.45) is 17.8 Å². The van der Waals surface area contributed by atoms with Crippen molar-refractivity contribution in [1.82, 2.24) is 5.32 Å². The van der Waals surface area contributed by atoms with Crippen LogP contribution in [0.5, 0.6) is 0 Å². The van der Waals surface area contributed by atoms with Crippen molar-refractivity contribution in [3.8, 4) is 0 Å². The summed E-state index contributed by atoms with van der Waals surface area (Å²) in [5, 5.41) is 3.72. The van der Waals surface area contributed by atoms with Crippen LogP contribution in [-0.4, -0.2) is 12.6 Å². The Morgan fingerprint density at radius 2 is 1.93 bits per heavy atom. The van der Waals surface area contributed by atoms with Gasteiger partial charge in [0, 0.05) is 6.04 Å². The summed E-state index contributed by atoms with van der Waals surface area (Å²) in [5.74, 6) is 2.83. The average molecular weight is 197 g/mol. The minimum absolute atomic E-state index is 0.812. The molecule has 1 rings (SSSR count). The lowest BCUT2D eigenvalue weighted by Gasteiger charge is -2.19. The number of hydrogen-bond acceptors (Lipinski definition) is 1. The van der Waals surface area contributed by atoms with Crippen molar-refractivity contribution in [2.75, 3.05) is 6.54 Å². The van der Waals surface area contributed by atoms with E-state index in [4.69, 9.17) is 0 Å². The van der Waals surface area contributed by atoms with Crippen LogP contribution in [-0.2, 0) is 0 Å². The van der Waals surface area contributed by atoms with Crippen LogP contribution in [0.15, 0.2) is 0 Å². The summed E-state index contributed by atoms with van der Waals surface area (Å²) in [4.78, 5) is 0. The van der Waals surface area contributed by atoms with E-state index in [-0.39, 0.29) is 0 Å². The van der Waals surface area contributed by atoms with Gasteiger partial charge in [-0.3, -0.25) is 0 Å². The third-order valence-corrected chi connectivity index (χ3v) is 3.40. The van der Waals surface area contributed by atoms with E-state index in [1.807, 2.05) is 0 Å². The smallest absolute Gasteiger partial charge is 0.00980 e. The number of nitrogens with one attached hydrogen (secondary N) is 1. The fourth-order valence-electron chi connectivity index (χ4n) is 2.22. The Bertz CT molecular complexity index is 153. The maximum absolute atomic E-state index is 3.72. The highest BCUT2D eigenvalue weighted by molar-refractivity contribution is 4.92. The minimum Gasteiger partial charge on any atom is -0.314 e. The zero-order valence-electron chi connectivity index (χ0n) is 10.3. The lowest BCUT2D eigenvalue weighted by Crippen LogP contribution is -2.32. The average Bonchev–Trinajstić information content (AvgIpc) is 2.82. The van der Waals surface area contributed by atoms with Crippen LogP contribution in [0.3, 0.4) is 0 Å². The summed E-state index contributed by atoms with van der Waals surface area (Å²) < 4.78 is 0. The monoisotopic (exact) mass is 197 g/mol. The van der Waals surface area contributed by atoms with Gasteiger partial charge in [0.1, 0.15) is 0 Å². The molecule has 3 unspecified atom stereocenters. The Morgan fingerprint density at radius 3 is 2.36 bits per heavy atom. The first-order valence-electron chi connectivity index (χ1n) is 6.38. The highest BCUT2D eigenvalue weighted by Gasteiger charge is 2.38. The first-order chi connectivity index (χ1) is 6.65. The highest BCUT2D eigenvalue weighted by atomic mass is 14.9. The molecule has 0 saturated heterocycles. The normalized spacial score (nSPS) is 28.1. The van der Waals surface area contributed by atoms with Gasteiger partial charge in [-0.2, -0.15) is 0 Å². The molecule has 14 heavy (non-hydrogen) atoms. The zero-order valence-corrected chi connectivity index (χ0v) is 10.3. The lowest BCUT2D eigenvalue weighted by atomic mass is 9.99. The molecule has 0 heterocycles. The van der Waals surface area contributed by atoms with Gasteiger partial charge in [0.2, 0.25) is 0 Å². The van der Waals surface area contributed by atoms with Crippen molar-refractivity contribution < 1.29 is 0 Å². The molecule has 1 aliphatic carbocycles. The third-order valence-electron chi connectivity index (χ3n) is 3.40. The fraction of sp³-hybridized carbons (Fsp3) is 1.00. The maximum Gasteiger partial charge on any atom is 0.00980 e. The summed E-state index contributed by atoms with van der Waals surface area (Å²) in [7, 11) is 0. The summed E-state index contributed by atoms with van der Waals surface area (Å²) in [6.45, 7) is 10.5. The van der Waals surface area contributed by atoms with Gasteiger partial charge in [-0.25, -0.2) is 0 Å². The molecule has 1 fully saturated rings. The van der Waals surface area contributed by atoms with Crippen LogP contribution in [0.2, 0.25) is 0 Å². The molecule has 0 radical (unpaired) electrons. The Kier molecular flexibility index (Phi) is 4.94. The molecule has 84 valence electrons. The largest absolute Gasteiger partial charge is 0.314 e. The summed E-state index contributed by atoms with van der Waals surface area (Å²) >= 11 is 0. The van der Waals surface area contributed by atoms with Gasteiger partial charge in [0.25, 0.3) is 0 Å². The van der Waals surface area contributed by atoms with Gasteiger partial charge in [-0.15, -0.1) is 0 Å². The Labute approximate surface area is 89.7 Å². The second-order valence-electron chi connectivity index (χ2n) is 5.41. The predicted molar refractivity (Wildman–Crippen MR) is 63.4 cm³/mol. The number of hydrogen-bond donors (Lipinski definition) is 1. The fourth-order valence-corrected chi connectivity index (χ4v) is 2.22. The summed E-state index contributed by atoms with van der Waals surface area (Å²) in [5.41, 5.74) is 0. The number of rotatable bonds is 7. The van der Waals surface area contributed by atoms with Crippen molar-refractivity contribution in [3.05, 3.63) is 0 Å². The van der Waals surface area contributed by atoms with Gasteiger partial charge in [-0.05, 0) is 50.0 Å². The second kappa shape index (κ2) is 5.75. The van der Waals surface area contributed by atoms with Crippen LogP contribution in [0.1, 0.15) is 53.4 Å². The van der Waals surface area contributed by atoms with Crippen LogP contribution in [0, 0.1) is 17.8 Å². The first kappa shape index (κ1) is 12.0. The molecule has 1 N–H and O–H groups in total. The maximum atomic E-state index is 3.72. The molecule has 1 nitrogen and oxygen atoms in total. The van der Waals surface area contributed by atoms with E-state index in [1.54, 1.807) is 0 Å². The molecule has 1 heteroatoms. The molecule has 0 spiro atoms.